The van der Waals surface area contributed by atoms with Crippen molar-refractivity contribution < 1.29 is 0 Å². The molecule has 1 aliphatic rings. The fourth-order valence-corrected chi connectivity index (χ4v) is 3.88. The van der Waals surface area contributed by atoms with E-state index in [4.69, 9.17) is 12.2 Å². The van der Waals surface area contributed by atoms with Crippen LogP contribution in [0.1, 0.15) is 44.3 Å². The molecule has 3 rings (SSSR count). The number of likely N-dealkylation sites (tertiary alicyclic amines) is 1. The van der Waals surface area contributed by atoms with Crippen LogP contribution in [0, 0.1) is 4.77 Å². The summed E-state index contributed by atoms with van der Waals surface area (Å²) in [5.74, 6) is 0. The lowest BCUT2D eigenvalue weighted by atomic mass is 10.1. The van der Waals surface area contributed by atoms with E-state index in [-0.39, 0.29) is 0 Å². The van der Waals surface area contributed by atoms with Crippen LogP contribution >= 0.6 is 23.6 Å². The van der Waals surface area contributed by atoms with E-state index >= 15 is 0 Å². The minimum atomic E-state index is 0.363. The lowest BCUT2D eigenvalue weighted by molar-refractivity contribution is 0.190. The first-order valence-corrected chi connectivity index (χ1v) is 8.42. The van der Waals surface area contributed by atoms with Crippen LogP contribution in [0.3, 0.4) is 0 Å². The van der Waals surface area contributed by atoms with Gasteiger partial charge in [0.1, 0.15) is 6.33 Å². The molecule has 0 radical (unpaired) electrons. The van der Waals surface area contributed by atoms with Crippen LogP contribution in [0.4, 0.5) is 0 Å². The molecule has 1 fully saturated rings. The number of aromatic nitrogens is 3. The summed E-state index contributed by atoms with van der Waals surface area (Å²) in [5.41, 5.74) is 1.43. The third-order valence-corrected chi connectivity index (χ3v) is 5.04. The lowest BCUT2D eigenvalue weighted by Crippen LogP contribution is -2.26. The highest BCUT2D eigenvalue weighted by molar-refractivity contribution is 7.71. The van der Waals surface area contributed by atoms with Crippen LogP contribution < -0.4 is 0 Å². The van der Waals surface area contributed by atoms with E-state index in [0.717, 1.165) is 18.0 Å². The Morgan fingerprint density at radius 2 is 2.35 bits per heavy atom. The molecule has 2 aromatic heterocycles. The van der Waals surface area contributed by atoms with Gasteiger partial charge in [-0.2, -0.15) is 16.4 Å². The summed E-state index contributed by atoms with van der Waals surface area (Å²) in [6.45, 7) is 6.17. The zero-order chi connectivity index (χ0) is 14.1. The molecule has 1 atom stereocenters. The van der Waals surface area contributed by atoms with Crippen molar-refractivity contribution in [2.24, 2.45) is 0 Å². The average molecular weight is 308 g/mol. The SMILES string of the molecule is CC(C)n1cnn(CN2CCCC2c2ccsc2)c1=S. The van der Waals surface area contributed by atoms with Crippen molar-refractivity contribution in [3.63, 3.8) is 0 Å². The molecule has 1 aliphatic heterocycles. The predicted octanol–water partition coefficient (Wildman–Crippen LogP) is 3.85. The van der Waals surface area contributed by atoms with E-state index in [1.807, 2.05) is 15.6 Å². The standard InChI is InChI=1S/C14H20N4S2/c1-11(2)17-9-15-18(14(17)19)10-16-6-3-4-13(16)12-5-7-20-8-12/h5,7-9,11,13H,3-4,6,10H2,1-2H3. The molecule has 108 valence electrons. The van der Waals surface area contributed by atoms with E-state index in [9.17, 15) is 0 Å². The third kappa shape index (κ3) is 2.60. The Morgan fingerprint density at radius 1 is 1.50 bits per heavy atom. The Kier molecular flexibility index (Phi) is 4.05. The van der Waals surface area contributed by atoms with Gasteiger partial charge >= 0.3 is 0 Å². The van der Waals surface area contributed by atoms with E-state index < -0.39 is 0 Å². The van der Waals surface area contributed by atoms with Gasteiger partial charge in [-0.15, -0.1) is 0 Å². The van der Waals surface area contributed by atoms with E-state index in [0.29, 0.717) is 12.1 Å². The molecule has 3 heterocycles. The number of hydrogen-bond donors (Lipinski definition) is 0. The predicted molar refractivity (Wildman–Crippen MR) is 84.4 cm³/mol. The summed E-state index contributed by atoms with van der Waals surface area (Å²) in [5, 5.41) is 8.87. The van der Waals surface area contributed by atoms with Gasteiger partial charge in [-0.05, 0) is 61.3 Å². The number of hydrogen-bond acceptors (Lipinski definition) is 4. The first-order valence-electron chi connectivity index (χ1n) is 7.07. The second-order valence-corrected chi connectivity index (χ2v) is 6.73. The number of nitrogens with zero attached hydrogens (tertiary/aromatic N) is 4. The van der Waals surface area contributed by atoms with Crippen molar-refractivity contribution in [3.05, 3.63) is 33.5 Å². The zero-order valence-corrected chi connectivity index (χ0v) is 13.5. The van der Waals surface area contributed by atoms with Crippen molar-refractivity contribution in [2.75, 3.05) is 6.54 Å². The van der Waals surface area contributed by atoms with Gasteiger partial charge in [0.15, 0.2) is 4.77 Å². The van der Waals surface area contributed by atoms with Gasteiger partial charge in [0.05, 0.1) is 6.67 Å². The van der Waals surface area contributed by atoms with Crippen LogP contribution in [0.25, 0.3) is 0 Å². The maximum atomic E-state index is 5.51. The highest BCUT2D eigenvalue weighted by Gasteiger charge is 2.26. The maximum Gasteiger partial charge on any atom is 0.199 e. The first kappa shape index (κ1) is 14.0. The molecule has 0 bridgehead atoms. The van der Waals surface area contributed by atoms with Crippen molar-refractivity contribution in [1.82, 2.24) is 19.2 Å². The minimum absolute atomic E-state index is 0.363. The van der Waals surface area contributed by atoms with Gasteiger partial charge in [-0.3, -0.25) is 4.90 Å². The van der Waals surface area contributed by atoms with Gasteiger partial charge in [0, 0.05) is 18.6 Å². The highest BCUT2D eigenvalue weighted by Crippen LogP contribution is 2.33. The average Bonchev–Trinajstić information content (AvgIpc) is 3.12. The first-order chi connectivity index (χ1) is 9.66. The molecule has 0 N–H and O–H groups in total. The van der Waals surface area contributed by atoms with Crippen molar-refractivity contribution >= 4 is 23.6 Å². The van der Waals surface area contributed by atoms with Gasteiger partial charge in [-0.1, -0.05) is 0 Å². The Morgan fingerprint density at radius 3 is 3.00 bits per heavy atom. The Bertz CT molecular complexity index is 611. The molecule has 0 aromatic carbocycles. The molecule has 0 amide bonds. The molecule has 0 saturated carbocycles. The molecule has 1 saturated heterocycles. The second kappa shape index (κ2) is 5.79. The lowest BCUT2D eigenvalue weighted by Gasteiger charge is -2.23. The van der Waals surface area contributed by atoms with Crippen molar-refractivity contribution in [2.45, 2.75) is 45.4 Å². The summed E-state index contributed by atoms with van der Waals surface area (Å²) in [7, 11) is 0. The van der Waals surface area contributed by atoms with E-state index in [1.165, 1.54) is 18.4 Å². The van der Waals surface area contributed by atoms with Crippen LogP contribution in [0.15, 0.2) is 23.2 Å². The smallest absolute Gasteiger partial charge is 0.199 e. The summed E-state index contributed by atoms with van der Waals surface area (Å²) < 4.78 is 4.81. The molecular formula is C14H20N4S2. The van der Waals surface area contributed by atoms with Crippen LogP contribution in [0.5, 0.6) is 0 Å². The van der Waals surface area contributed by atoms with Gasteiger partial charge in [-0.25, -0.2) is 4.68 Å². The fourth-order valence-electron chi connectivity index (χ4n) is 2.81. The quantitative estimate of drug-likeness (QED) is 0.802. The second-order valence-electron chi connectivity index (χ2n) is 5.58. The van der Waals surface area contributed by atoms with Crippen LogP contribution in [0.2, 0.25) is 0 Å². The molecule has 0 aliphatic carbocycles. The summed E-state index contributed by atoms with van der Waals surface area (Å²) in [4.78, 5) is 2.48. The van der Waals surface area contributed by atoms with Crippen LogP contribution in [-0.4, -0.2) is 25.8 Å². The normalized spacial score (nSPS) is 20.1. The number of rotatable bonds is 4. The van der Waals surface area contributed by atoms with Crippen LogP contribution in [-0.2, 0) is 6.67 Å². The van der Waals surface area contributed by atoms with Crippen molar-refractivity contribution in [3.8, 4) is 0 Å². The summed E-state index contributed by atoms with van der Waals surface area (Å²) >= 11 is 7.29. The summed E-state index contributed by atoms with van der Waals surface area (Å²) in [6, 6.07) is 3.12. The molecular weight excluding hydrogens is 288 g/mol. The van der Waals surface area contributed by atoms with Gasteiger partial charge < -0.3 is 4.57 Å². The monoisotopic (exact) mass is 308 g/mol. The Hall–Kier alpha value is -0.980. The fraction of sp³-hybridized carbons (Fsp3) is 0.571. The molecule has 0 spiro atoms. The molecule has 20 heavy (non-hydrogen) atoms. The summed E-state index contributed by atoms with van der Waals surface area (Å²) in [6.07, 6.45) is 4.33. The topological polar surface area (TPSA) is 26.0 Å². The largest absolute Gasteiger partial charge is 0.304 e. The Labute approximate surface area is 128 Å². The third-order valence-electron chi connectivity index (χ3n) is 3.92. The Balaban J connectivity index is 1.79. The zero-order valence-electron chi connectivity index (χ0n) is 11.9. The molecule has 4 nitrogen and oxygen atoms in total. The van der Waals surface area contributed by atoms with E-state index in [2.05, 4.69) is 40.7 Å². The number of thiophene rings is 1. The highest BCUT2D eigenvalue weighted by atomic mass is 32.1. The van der Waals surface area contributed by atoms with Gasteiger partial charge in [0.25, 0.3) is 0 Å². The molecule has 6 heteroatoms. The van der Waals surface area contributed by atoms with Gasteiger partial charge in [0.2, 0.25) is 0 Å². The molecule has 1 unspecified atom stereocenters. The van der Waals surface area contributed by atoms with E-state index in [1.54, 1.807) is 11.3 Å². The molecule has 2 aromatic rings. The maximum absolute atomic E-state index is 5.51. The van der Waals surface area contributed by atoms with Crippen molar-refractivity contribution in [1.29, 1.82) is 0 Å². The minimum Gasteiger partial charge on any atom is -0.304 e.